The summed E-state index contributed by atoms with van der Waals surface area (Å²) in [5.41, 5.74) is -0.707. The number of hydrogen-bond acceptors (Lipinski definition) is 3. The Morgan fingerprint density at radius 1 is 1.32 bits per heavy atom. The number of rotatable bonds is 1. The van der Waals surface area contributed by atoms with E-state index < -0.39 is 29.6 Å². The molecule has 1 fully saturated rings. The van der Waals surface area contributed by atoms with Gasteiger partial charge in [0.2, 0.25) is 0 Å². The molecule has 1 saturated heterocycles. The number of nitrogens with zero attached hydrogens (tertiary/aromatic N) is 1. The monoisotopic (exact) mass is 276 g/mol. The number of Topliss-reactive ketones (excluding diaryl/α,β-unsaturated/α-hetero) is 1. The van der Waals surface area contributed by atoms with E-state index in [-0.39, 0.29) is 18.1 Å². The van der Waals surface area contributed by atoms with Crippen LogP contribution in [0.1, 0.15) is 34.1 Å². The van der Waals surface area contributed by atoms with Crippen molar-refractivity contribution in [3.05, 3.63) is 0 Å². The van der Waals surface area contributed by atoms with E-state index in [1.807, 2.05) is 0 Å². The summed E-state index contributed by atoms with van der Waals surface area (Å²) < 4.78 is 38.7. The Kier molecular flexibility index (Phi) is 4.30. The Balaban J connectivity index is 3.00. The highest BCUT2D eigenvalue weighted by atomic mass is 19.4. The molecule has 0 saturated carbocycles. The van der Waals surface area contributed by atoms with Gasteiger partial charge in [0.1, 0.15) is 6.04 Å². The molecule has 19 heavy (non-hydrogen) atoms. The Morgan fingerprint density at radius 3 is 2.21 bits per heavy atom. The zero-order chi connectivity index (χ0) is 15.0. The van der Waals surface area contributed by atoms with Crippen LogP contribution in [0, 0.1) is 28.6 Å². The fraction of sp³-hybridized carbons (Fsp3) is 0.846. The van der Waals surface area contributed by atoms with Gasteiger partial charge in [-0.3, -0.25) is 10.1 Å². The SMILES string of the molecule is CC1CC(C#N)C(C(F)(F)F)NC1C(=O)C(C)(C)C. The van der Waals surface area contributed by atoms with Gasteiger partial charge < -0.3 is 0 Å². The third kappa shape index (κ3) is 3.47. The van der Waals surface area contributed by atoms with E-state index in [4.69, 9.17) is 5.26 Å². The number of carbonyl (C=O) groups excluding carboxylic acids is 1. The third-order valence-electron chi connectivity index (χ3n) is 3.50. The summed E-state index contributed by atoms with van der Waals surface area (Å²) in [4.78, 5) is 12.2. The fourth-order valence-electron chi connectivity index (χ4n) is 2.40. The first-order valence-electron chi connectivity index (χ1n) is 6.25. The molecule has 1 heterocycles. The van der Waals surface area contributed by atoms with Gasteiger partial charge in [0.15, 0.2) is 5.78 Å². The van der Waals surface area contributed by atoms with Crippen LogP contribution in [0.25, 0.3) is 0 Å². The lowest BCUT2D eigenvalue weighted by molar-refractivity contribution is -0.175. The van der Waals surface area contributed by atoms with E-state index in [1.165, 1.54) is 0 Å². The highest BCUT2D eigenvalue weighted by molar-refractivity contribution is 5.89. The maximum atomic E-state index is 12.9. The molecule has 0 bridgehead atoms. The van der Waals surface area contributed by atoms with E-state index in [0.717, 1.165) is 0 Å². The molecule has 3 nitrogen and oxygen atoms in total. The van der Waals surface area contributed by atoms with E-state index in [2.05, 4.69) is 5.32 Å². The number of nitriles is 1. The minimum absolute atomic E-state index is 0.0835. The zero-order valence-corrected chi connectivity index (χ0v) is 11.5. The summed E-state index contributed by atoms with van der Waals surface area (Å²) in [6.45, 7) is 6.76. The van der Waals surface area contributed by atoms with Gasteiger partial charge in [0, 0.05) is 5.41 Å². The van der Waals surface area contributed by atoms with Crippen LogP contribution in [0.5, 0.6) is 0 Å². The molecule has 4 unspecified atom stereocenters. The molecule has 0 spiro atoms. The number of nitrogens with one attached hydrogen (secondary N) is 1. The van der Waals surface area contributed by atoms with Crippen molar-refractivity contribution in [1.82, 2.24) is 5.32 Å². The van der Waals surface area contributed by atoms with E-state index in [1.54, 1.807) is 33.8 Å². The Hall–Kier alpha value is -1.09. The number of hydrogen-bond donors (Lipinski definition) is 1. The Bertz CT molecular complexity index is 392. The normalized spacial score (nSPS) is 32.7. The summed E-state index contributed by atoms with van der Waals surface area (Å²) in [5, 5.41) is 11.2. The lowest BCUT2D eigenvalue weighted by atomic mass is 9.74. The molecule has 0 aliphatic carbocycles. The molecular formula is C13H19F3N2O. The summed E-state index contributed by atoms with van der Waals surface area (Å²) in [5.74, 6) is -1.67. The molecule has 0 aromatic heterocycles. The van der Waals surface area contributed by atoms with Crippen LogP contribution in [0.15, 0.2) is 0 Å². The lowest BCUT2D eigenvalue weighted by Crippen LogP contribution is -2.61. The molecule has 0 radical (unpaired) electrons. The van der Waals surface area contributed by atoms with Gasteiger partial charge in [-0.15, -0.1) is 0 Å². The summed E-state index contributed by atoms with van der Waals surface area (Å²) in [6.07, 6.45) is -4.43. The van der Waals surface area contributed by atoms with Crippen molar-refractivity contribution in [3.8, 4) is 6.07 Å². The maximum absolute atomic E-state index is 12.9. The first-order valence-corrected chi connectivity index (χ1v) is 6.25. The van der Waals surface area contributed by atoms with Crippen molar-refractivity contribution < 1.29 is 18.0 Å². The van der Waals surface area contributed by atoms with Gasteiger partial charge in [-0.2, -0.15) is 18.4 Å². The van der Waals surface area contributed by atoms with Crippen molar-refractivity contribution >= 4 is 5.78 Å². The van der Waals surface area contributed by atoms with Gasteiger partial charge in [0.25, 0.3) is 0 Å². The molecule has 0 aromatic rings. The number of piperidine rings is 1. The molecule has 108 valence electrons. The first kappa shape index (κ1) is 16.0. The number of ketones is 1. The topological polar surface area (TPSA) is 52.9 Å². The van der Waals surface area contributed by atoms with Crippen LogP contribution >= 0.6 is 0 Å². The minimum atomic E-state index is -4.52. The predicted octanol–water partition coefficient (Wildman–Crippen LogP) is 2.67. The number of carbonyl (C=O) groups is 1. The molecule has 6 heteroatoms. The molecule has 1 N–H and O–H groups in total. The second kappa shape index (κ2) is 5.12. The van der Waals surface area contributed by atoms with Crippen LogP contribution in [0.2, 0.25) is 0 Å². The van der Waals surface area contributed by atoms with Gasteiger partial charge in [-0.1, -0.05) is 27.7 Å². The highest BCUT2D eigenvalue weighted by Crippen LogP contribution is 2.36. The van der Waals surface area contributed by atoms with Crippen LogP contribution in [-0.4, -0.2) is 24.0 Å². The predicted molar refractivity (Wildman–Crippen MR) is 64.1 cm³/mol. The number of halogens is 3. The average Bonchev–Trinajstić information content (AvgIpc) is 2.24. The van der Waals surface area contributed by atoms with Gasteiger partial charge >= 0.3 is 6.18 Å². The first-order chi connectivity index (χ1) is 8.48. The smallest absolute Gasteiger partial charge is 0.297 e. The van der Waals surface area contributed by atoms with Gasteiger partial charge in [-0.05, 0) is 12.3 Å². The second-order valence-corrected chi connectivity index (χ2v) is 6.23. The summed E-state index contributed by atoms with van der Waals surface area (Å²) in [6, 6.07) is -1.08. The van der Waals surface area contributed by atoms with Crippen molar-refractivity contribution in [2.24, 2.45) is 17.3 Å². The van der Waals surface area contributed by atoms with E-state index >= 15 is 0 Å². The Labute approximate surface area is 111 Å². The largest absolute Gasteiger partial charge is 0.405 e. The molecule has 0 aromatic carbocycles. The fourth-order valence-corrected chi connectivity index (χ4v) is 2.40. The van der Waals surface area contributed by atoms with Gasteiger partial charge in [0.05, 0.1) is 18.0 Å². The average molecular weight is 276 g/mol. The minimum Gasteiger partial charge on any atom is -0.297 e. The second-order valence-electron chi connectivity index (χ2n) is 6.23. The standard InChI is InChI=1S/C13H19F3N2O/c1-7-5-8(6-17)10(13(14,15)16)18-9(7)11(19)12(2,3)4/h7-10,18H,5H2,1-4H3. The van der Waals surface area contributed by atoms with Crippen molar-refractivity contribution in [3.63, 3.8) is 0 Å². The van der Waals surface area contributed by atoms with Crippen molar-refractivity contribution in [1.29, 1.82) is 5.26 Å². The summed E-state index contributed by atoms with van der Waals surface area (Å²) in [7, 11) is 0. The van der Waals surface area contributed by atoms with E-state index in [9.17, 15) is 18.0 Å². The highest BCUT2D eigenvalue weighted by Gasteiger charge is 2.51. The maximum Gasteiger partial charge on any atom is 0.405 e. The van der Waals surface area contributed by atoms with E-state index in [0.29, 0.717) is 0 Å². The molecule has 4 atom stereocenters. The van der Waals surface area contributed by atoms with Crippen molar-refractivity contribution in [2.75, 3.05) is 0 Å². The van der Waals surface area contributed by atoms with Crippen LogP contribution in [-0.2, 0) is 4.79 Å². The van der Waals surface area contributed by atoms with Gasteiger partial charge in [-0.25, -0.2) is 0 Å². The molecule has 1 aliphatic heterocycles. The van der Waals surface area contributed by atoms with Crippen LogP contribution in [0.4, 0.5) is 13.2 Å². The van der Waals surface area contributed by atoms with Crippen molar-refractivity contribution in [2.45, 2.75) is 52.4 Å². The van der Waals surface area contributed by atoms with Crippen LogP contribution < -0.4 is 5.32 Å². The van der Waals surface area contributed by atoms with Crippen LogP contribution in [0.3, 0.4) is 0 Å². The number of alkyl halides is 3. The molecular weight excluding hydrogens is 257 g/mol. The molecule has 1 aliphatic rings. The summed E-state index contributed by atoms with van der Waals surface area (Å²) >= 11 is 0. The lowest BCUT2D eigenvalue weighted by Gasteiger charge is -2.40. The zero-order valence-electron chi connectivity index (χ0n) is 11.5. The Morgan fingerprint density at radius 2 is 1.84 bits per heavy atom. The molecule has 0 amide bonds. The molecule has 1 rings (SSSR count). The third-order valence-corrected chi connectivity index (χ3v) is 3.50. The quantitative estimate of drug-likeness (QED) is 0.801.